The molecule has 2 unspecified atom stereocenters. The van der Waals surface area contributed by atoms with E-state index in [9.17, 15) is 4.79 Å². The molecule has 142 valence electrons. The van der Waals surface area contributed by atoms with Crippen molar-refractivity contribution in [2.24, 2.45) is 5.92 Å². The van der Waals surface area contributed by atoms with Crippen molar-refractivity contribution in [3.8, 4) is 5.69 Å². The Morgan fingerprint density at radius 1 is 1.22 bits per heavy atom. The fourth-order valence-corrected chi connectivity index (χ4v) is 4.26. The van der Waals surface area contributed by atoms with Crippen LogP contribution in [-0.4, -0.2) is 51.2 Å². The van der Waals surface area contributed by atoms with Crippen molar-refractivity contribution in [3.05, 3.63) is 59.9 Å². The van der Waals surface area contributed by atoms with Crippen LogP contribution in [0.15, 0.2) is 54.4 Å². The van der Waals surface area contributed by atoms with Crippen LogP contribution in [0, 0.1) is 5.92 Å². The number of fused-ring (bicyclic) bond motifs is 4. The van der Waals surface area contributed by atoms with Crippen molar-refractivity contribution in [2.75, 3.05) is 19.6 Å². The summed E-state index contributed by atoms with van der Waals surface area (Å²) in [5, 5.41) is 4.32. The van der Waals surface area contributed by atoms with E-state index in [1.54, 1.807) is 6.20 Å². The number of carbonyl (C=O) groups excluding carboxylic acids is 1. The van der Waals surface area contributed by atoms with E-state index in [2.05, 4.69) is 59.1 Å². The highest BCUT2D eigenvalue weighted by Crippen LogP contribution is 2.30. The second kappa shape index (κ2) is 7.69. The summed E-state index contributed by atoms with van der Waals surface area (Å²) in [7, 11) is 0. The highest BCUT2D eigenvalue weighted by atomic mass is 16.2. The quantitative estimate of drug-likeness (QED) is 0.765. The molecule has 2 atom stereocenters. The van der Waals surface area contributed by atoms with E-state index >= 15 is 0 Å². The molecular formula is C22H28N4O. The van der Waals surface area contributed by atoms with Crippen LogP contribution in [-0.2, 0) is 11.3 Å². The number of nitrogens with zero attached hydrogens (tertiary/aromatic N) is 4. The summed E-state index contributed by atoms with van der Waals surface area (Å²) in [6.45, 7) is 7.66. The van der Waals surface area contributed by atoms with Crippen LogP contribution >= 0.6 is 0 Å². The summed E-state index contributed by atoms with van der Waals surface area (Å²) < 4.78 is 1.89. The smallest absolute Gasteiger partial charge is 0.227 e. The lowest BCUT2D eigenvalue weighted by Gasteiger charge is -2.35. The maximum Gasteiger partial charge on any atom is 0.227 e. The minimum Gasteiger partial charge on any atom is -0.334 e. The molecule has 27 heavy (non-hydrogen) atoms. The van der Waals surface area contributed by atoms with Gasteiger partial charge in [0.1, 0.15) is 0 Å². The first kappa shape index (κ1) is 18.0. The van der Waals surface area contributed by atoms with E-state index in [-0.39, 0.29) is 5.92 Å². The maximum atomic E-state index is 12.9. The number of hydrogen-bond donors (Lipinski definition) is 0. The van der Waals surface area contributed by atoms with E-state index in [0.717, 1.165) is 44.7 Å². The minimum absolute atomic E-state index is 0.142. The van der Waals surface area contributed by atoms with Crippen molar-refractivity contribution in [1.82, 2.24) is 19.6 Å². The fourth-order valence-electron chi connectivity index (χ4n) is 4.26. The lowest BCUT2D eigenvalue weighted by Crippen LogP contribution is -2.47. The van der Waals surface area contributed by atoms with Gasteiger partial charge in [0.25, 0.3) is 0 Å². The standard InChI is InChI=1S/C22H28N4O/c1-17(2)9-12-25-21-8-7-19(22(25)27)15-24(16-21)14-18-5-3-6-20(13-18)26-11-4-10-23-26/h3-6,9-11,13,19,21H,7-8,12,14-16H2,1-2H3. The van der Waals surface area contributed by atoms with Crippen molar-refractivity contribution in [3.63, 3.8) is 0 Å². The molecule has 0 spiro atoms. The molecule has 1 amide bonds. The average molecular weight is 364 g/mol. The topological polar surface area (TPSA) is 41.4 Å². The Morgan fingerprint density at radius 2 is 2.11 bits per heavy atom. The third kappa shape index (κ3) is 3.98. The minimum atomic E-state index is 0.142. The number of benzene rings is 1. The first-order valence-corrected chi connectivity index (χ1v) is 9.85. The predicted octanol–water partition coefficient (Wildman–Crippen LogP) is 3.26. The maximum absolute atomic E-state index is 12.9. The number of hydrogen-bond acceptors (Lipinski definition) is 3. The Labute approximate surface area is 161 Å². The molecule has 2 bridgehead atoms. The van der Waals surface area contributed by atoms with Crippen molar-refractivity contribution < 1.29 is 4.79 Å². The molecule has 3 aliphatic heterocycles. The summed E-state index contributed by atoms with van der Waals surface area (Å²) in [6, 6.07) is 10.8. The van der Waals surface area contributed by atoms with Crippen LogP contribution < -0.4 is 0 Å². The first-order chi connectivity index (χ1) is 13.1. The van der Waals surface area contributed by atoms with E-state index in [1.807, 2.05) is 16.9 Å². The van der Waals surface area contributed by atoms with Crippen molar-refractivity contribution in [2.45, 2.75) is 39.3 Å². The van der Waals surface area contributed by atoms with Gasteiger partial charge in [-0.1, -0.05) is 23.8 Å². The van der Waals surface area contributed by atoms with Gasteiger partial charge in [0.15, 0.2) is 0 Å². The normalized spacial score (nSPS) is 22.7. The van der Waals surface area contributed by atoms with Crippen LogP contribution in [0.3, 0.4) is 0 Å². The van der Waals surface area contributed by atoms with Gasteiger partial charge in [0.05, 0.1) is 11.6 Å². The van der Waals surface area contributed by atoms with Crippen molar-refractivity contribution in [1.29, 1.82) is 0 Å². The summed E-state index contributed by atoms with van der Waals surface area (Å²) in [5.41, 5.74) is 3.62. The van der Waals surface area contributed by atoms with Gasteiger partial charge in [-0.25, -0.2) is 4.68 Å². The molecule has 2 aromatic rings. The van der Waals surface area contributed by atoms with E-state index in [4.69, 9.17) is 0 Å². The Kier molecular flexibility index (Phi) is 5.12. The molecular weight excluding hydrogens is 336 g/mol. The molecule has 0 radical (unpaired) electrons. The van der Waals surface area contributed by atoms with E-state index < -0.39 is 0 Å². The number of allylic oxidation sites excluding steroid dienone is 1. The number of piperidine rings is 1. The zero-order valence-electron chi connectivity index (χ0n) is 16.2. The van der Waals surface area contributed by atoms with Gasteiger partial charge in [0, 0.05) is 44.6 Å². The SMILES string of the molecule is CC(C)=CCN1C(=O)C2CCC1CN(Cc1cccc(-n3cccn3)c1)C2. The molecule has 3 saturated heterocycles. The van der Waals surface area contributed by atoms with Gasteiger partial charge in [-0.05, 0) is 50.5 Å². The summed E-state index contributed by atoms with van der Waals surface area (Å²) in [6.07, 6.45) is 8.09. The number of carbonyl (C=O) groups is 1. The molecule has 5 nitrogen and oxygen atoms in total. The number of amides is 1. The number of aromatic nitrogens is 2. The monoisotopic (exact) mass is 364 g/mol. The van der Waals surface area contributed by atoms with Gasteiger partial charge >= 0.3 is 0 Å². The lowest BCUT2D eigenvalue weighted by atomic mass is 9.94. The van der Waals surface area contributed by atoms with Gasteiger partial charge in [-0.15, -0.1) is 0 Å². The van der Waals surface area contributed by atoms with Crippen LogP contribution in [0.4, 0.5) is 0 Å². The predicted molar refractivity (Wildman–Crippen MR) is 106 cm³/mol. The molecule has 0 aliphatic carbocycles. The first-order valence-electron chi connectivity index (χ1n) is 9.85. The molecule has 5 heteroatoms. The van der Waals surface area contributed by atoms with Gasteiger partial charge in [-0.3, -0.25) is 9.69 Å². The van der Waals surface area contributed by atoms with Gasteiger partial charge in [0.2, 0.25) is 5.91 Å². The Bertz CT molecular complexity index is 823. The summed E-state index contributed by atoms with van der Waals surface area (Å²) in [4.78, 5) is 17.5. The van der Waals surface area contributed by atoms with Crippen LogP contribution in [0.5, 0.6) is 0 Å². The molecule has 4 heterocycles. The Morgan fingerprint density at radius 3 is 2.89 bits per heavy atom. The molecule has 3 fully saturated rings. The van der Waals surface area contributed by atoms with Crippen LogP contribution in [0.1, 0.15) is 32.3 Å². The van der Waals surface area contributed by atoms with E-state index in [1.165, 1.54) is 11.1 Å². The van der Waals surface area contributed by atoms with E-state index in [0.29, 0.717) is 11.9 Å². The highest BCUT2D eigenvalue weighted by molar-refractivity contribution is 5.80. The van der Waals surface area contributed by atoms with Crippen molar-refractivity contribution >= 4 is 5.91 Å². The molecule has 0 N–H and O–H groups in total. The summed E-state index contributed by atoms with van der Waals surface area (Å²) >= 11 is 0. The van der Waals surface area contributed by atoms with Gasteiger partial charge in [-0.2, -0.15) is 5.10 Å². The third-order valence-corrected chi connectivity index (χ3v) is 5.65. The lowest BCUT2D eigenvalue weighted by molar-refractivity contribution is -0.139. The van der Waals surface area contributed by atoms with Crippen LogP contribution in [0.2, 0.25) is 0 Å². The second-order valence-electron chi connectivity index (χ2n) is 8.01. The molecule has 5 rings (SSSR count). The third-order valence-electron chi connectivity index (χ3n) is 5.65. The molecule has 1 aromatic carbocycles. The fraction of sp³-hybridized carbons (Fsp3) is 0.455. The zero-order chi connectivity index (χ0) is 18.8. The molecule has 0 saturated carbocycles. The number of rotatable bonds is 5. The summed E-state index contributed by atoms with van der Waals surface area (Å²) in [5.74, 6) is 0.486. The molecule has 3 aliphatic rings. The second-order valence-corrected chi connectivity index (χ2v) is 8.01. The average Bonchev–Trinajstić information content (AvgIpc) is 3.07. The highest BCUT2D eigenvalue weighted by Gasteiger charge is 2.39. The molecule has 1 aromatic heterocycles. The van der Waals surface area contributed by atoms with Crippen LogP contribution in [0.25, 0.3) is 5.69 Å². The Balaban J connectivity index is 1.49. The zero-order valence-corrected chi connectivity index (χ0v) is 16.2. The van der Waals surface area contributed by atoms with Gasteiger partial charge < -0.3 is 4.90 Å². The Hall–Kier alpha value is -2.40. The largest absolute Gasteiger partial charge is 0.334 e.